The van der Waals surface area contributed by atoms with Gasteiger partial charge in [0.15, 0.2) is 5.13 Å². The van der Waals surface area contributed by atoms with E-state index in [1.165, 1.54) is 23.0 Å². The zero-order valence-electron chi connectivity index (χ0n) is 11.8. The van der Waals surface area contributed by atoms with Crippen LogP contribution in [0.15, 0.2) is 34.5 Å². The molecule has 2 aromatic heterocycles. The molecular formula is C14H13ClN2O2S3. The van der Waals surface area contributed by atoms with Gasteiger partial charge in [-0.3, -0.25) is 4.72 Å². The van der Waals surface area contributed by atoms with Gasteiger partial charge < -0.3 is 0 Å². The molecule has 3 rings (SSSR count). The van der Waals surface area contributed by atoms with Gasteiger partial charge in [0.2, 0.25) is 0 Å². The second-order valence-electron chi connectivity index (χ2n) is 5.06. The summed E-state index contributed by atoms with van der Waals surface area (Å²) in [5, 5.41) is 0.362. The fraction of sp³-hybridized carbons (Fsp3) is 0.214. The zero-order valence-corrected chi connectivity index (χ0v) is 15.0. The molecule has 0 aliphatic rings. The Morgan fingerprint density at radius 1 is 1.18 bits per heavy atom. The van der Waals surface area contributed by atoms with Gasteiger partial charge in [0.1, 0.15) is 4.21 Å². The zero-order chi connectivity index (χ0) is 15.9. The van der Waals surface area contributed by atoms with Crippen molar-refractivity contribution in [2.75, 3.05) is 4.72 Å². The summed E-state index contributed by atoms with van der Waals surface area (Å²) in [5.74, 6) is 0.417. The number of nitrogens with zero attached hydrogens (tertiary/aromatic N) is 1. The van der Waals surface area contributed by atoms with Crippen LogP contribution in [0.3, 0.4) is 0 Å². The van der Waals surface area contributed by atoms with E-state index in [4.69, 9.17) is 11.6 Å². The SMILES string of the molecule is CC(C)c1ccc2nc(NS(=O)(=O)c3ccc(Cl)s3)sc2c1. The van der Waals surface area contributed by atoms with E-state index in [0.29, 0.717) is 15.4 Å². The minimum Gasteiger partial charge on any atom is -0.254 e. The van der Waals surface area contributed by atoms with Crippen molar-refractivity contribution < 1.29 is 8.42 Å². The molecule has 0 saturated carbocycles. The molecule has 0 amide bonds. The normalized spacial score (nSPS) is 12.2. The highest BCUT2D eigenvalue weighted by Gasteiger charge is 2.19. The summed E-state index contributed by atoms with van der Waals surface area (Å²) in [6, 6.07) is 9.04. The minimum absolute atomic E-state index is 0.180. The predicted octanol–water partition coefficient (Wildman–Crippen LogP) is 4.94. The second kappa shape index (κ2) is 5.81. The summed E-state index contributed by atoms with van der Waals surface area (Å²) < 4.78 is 28.6. The summed E-state index contributed by atoms with van der Waals surface area (Å²) in [4.78, 5) is 4.33. The number of hydrogen-bond donors (Lipinski definition) is 1. The smallest absolute Gasteiger partial charge is 0.254 e. The molecule has 3 aromatic rings. The molecule has 0 spiro atoms. The summed E-state index contributed by atoms with van der Waals surface area (Å²) in [7, 11) is -3.63. The van der Waals surface area contributed by atoms with E-state index in [1.807, 2.05) is 12.1 Å². The summed E-state index contributed by atoms with van der Waals surface area (Å²) in [5.41, 5.74) is 1.99. The average molecular weight is 373 g/mol. The maximum Gasteiger partial charge on any atom is 0.273 e. The molecule has 8 heteroatoms. The quantitative estimate of drug-likeness (QED) is 0.705. The van der Waals surface area contributed by atoms with Crippen molar-refractivity contribution in [1.29, 1.82) is 0 Å². The van der Waals surface area contributed by atoms with Crippen LogP contribution in [0.4, 0.5) is 5.13 Å². The van der Waals surface area contributed by atoms with Crippen LogP contribution in [-0.4, -0.2) is 13.4 Å². The van der Waals surface area contributed by atoms with Crippen LogP contribution >= 0.6 is 34.3 Å². The molecule has 0 atom stereocenters. The van der Waals surface area contributed by atoms with Crippen LogP contribution in [-0.2, 0) is 10.0 Å². The van der Waals surface area contributed by atoms with Crippen molar-refractivity contribution in [3.63, 3.8) is 0 Å². The first-order chi connectivity index (χ1) is 10.3. The van der Waals surface area contributed by atoms with Crippen molar-refractivity contribution in [2.45, 2.75) is 24.0 Å². The Labute approximate surface area is 141 Å². The third-order valence-corrected chi connectivity index (χ3v) is 7.24. The van der Waals surface area contributed by atoms with Crippen molar-refractivity contribution in [3.8, 4) is 0 Å². The molecule has 1 aromatic carbocycles. The Morgan fingerprint density at radius 2 is 1.95 bits per heavy atom. The molecular weight excluding hydrogens is 360 g/mol. The topological polar surface area (TPSA) is 59.1 Å². The van der Waals surface area contributed by atoms with Crippen LogP contribution < -0.4 is 4.72 Å². The number of rotatable bonds is 4. The van der Waals surface area contributed by atoms with E-state index in [9.17, 15) is 8.42 Å². The Hall–Kier alpha value is -1.15. The Morgan fingerprint density at radius 3 is 2.59 bits per heavy atom. The van der Waals surface area contributed by atoms with E-state index in [1.54, 1.807) is 6.07 Å². The molecule has 116 valence electrons. The third-order valence-electron chi connectivity index (χ3n) is 3.11. The lowest BCUT2D eigenvalue weighted by Crippen LogP contribution is -2.10. The summed E-state index contributed by atoms with van der Waals surface area (Å²) in [6.45, 7) is 4.23. The molecule has 22 heavy (non-hydrogen) atoms. The first kappa shape index (κ1) is 15.7. The number of thiazole rings is 1. The van der Waals surface area contributed by atoms with E-state index in [0.717, 1.165) is 21.6 Å². The number of hydrogen-bond acceptors (Lipinski definition) is 5. The largest absolute Gasteiger partial charge is 0.273 e. The van der Waals surface area contributed by atoms with Gasteiger partial charge in [0.25, 0.3) is 10.0 Å². The van der Waals surface area contributed by atoms with Crippen molar-refractivity contribution in [3.05, 3.63) is 40.2 Å². The number of sulfonamides is 1. The highest BCUT2D eigenvalue weighted by atomic mass is 35.5. The molecule has 0 saturated heterocycles. The van der Waals surface area contributed by atoms with E-state index < -0.39 is 10.0 Å². The van der Waals surface area contributed by atoms with E-state index >= 15 is 0 Å². The highest BCUT2D eigenvalue weighted by molar-refractivity contribution is 7.95. The number of fused-ring (bicyclic) bond motifs is 1. The maximum absolute atomic E-state index is 12.3. The minimum atomic E-state index is -3.63. The second-order valence-corrected chi connectivity index (χ2v) is 9.72. The van der Waals surface area contributed by atoms with Gasteiger partial charge in [-0.15, -0.1) is 11.3 Å². The molecule has 2 heterocycles. The van der Waals surface area contributed by atoms with Gasteiger partial charge in [-0.1, -0.05) is 42.9 Å². The first-order valence-corrected chi connectivity index (χ1v) is 10.0. The molecule has 0 aliphatic carbocycles. The lowest BCUT2D eigenvalue weighted by molar-refractivity contribution is 0.603. The van der Waals surface area contributed by atoms with Gasteiger partial charge in [0.05, 0.1) is 14.6 Å². The number of benzene rings is 1. The van der Waals surface area contributed by atoms with Crippen LogP contribution in [0.2, 0.25) is 4.34 Å². The van der Waals surface area contributed by atoms with Gasteiger partial charge >= 0.3 is 0 Å². The van der Waals surface area contributed by atoms with Crippen molar-refractivity contribution >= 4 is 59.6 Å². The third kappa shape index (κ3) is 3.12. The average Bonchev–Trinajstić information content (AvgIpc) is 3.02. The standard InChI is InChI=1S/C14H13ClN2O2S3/c1-8(2)9-3-4-10-11(7-9)20-14(16-10)17-22(18,19)13-6-5-12(15)21-13/h3-8H,1-2H3,(H,16,17). The molecule has 1 N–H and O–H groups in total. The van der Waals surface area contributed by atoms with Crippen LogP contribution in [0.1, 0.15) is 25.3 Å². The number of nitrogens with one attached hydrogen (secondary N) is 1. The molecule has 0 bridgehead atoms. The summed E-state index contributed by atoms with van der Waals surface area (Å²) in [6.07, 6.45) is 0. The Bertz CT molecular complexity index is 929. The van der Waals surface area contributed by atoms with Gasteiger partial charge in [-0.05, 0) is 35.7 Å². The monoisotopic (exact) mass is 372 g/mol. The number of thiophene rings is 1. The molecule has 0 unspecified atom stereocenters. The van der Waals surface area contributed by atoms with Crippen LogP contribution in [0, 0.1) is 0 Å². The fourth-order valence-electron chi connectivity index (χ4n) is 1.95. The molecule has 0 aliphatic heterocycles. The molecule has 4 nitrogen and oxygen atoms in total. The van der Waals surface area contributed by atoms with Crippen LogP contribution in [0.25, 0.3) is 10.2 Å². The number of aromatic nitrogens is 1. The van der Waals surface area contributed by atoms with Crippen molar-refractivity contribution in [1.82, 2.24) is 4.98 Å². The molecule has 0 radical (unpaired) electrons. The number of anilines is 1. The summed E-state index contributed by atoms with van der Waals surface area (Å²) >= 11 is 8.14. The Kier molecular flexibility index (Phi) is 4.15. The predicted molar refractivity (Wildman–Crippen MR) is 93.8 cm³/mol. The van der Waals surface area contributed by atoms with Crippen LogP contribution in [0.5, 0.6) is 0 Å². The van der Waals surface area contributed by atoms with Gasteiger partial charge in [-0.25, -0.2) is 13.4 Å². The van der Waals surface area contributed by atoms with E-state index in [2.05, 4.69) is 29.6 Å². The van der Waals surface area contributed by atoms with Crippen molar-refractivity contribution in [2.24, 2.45) is 0 Å². The molecule has 0 fully saturated rings. The van der Waals surface area contributed by atoms with E-state index in [-0.39, 0.29) is 4.21 Å². The lowest BCUT2D eigenvalue weighted by atomic mass is 10.0. The van der Waals surface area contributed by atoms with Gasteiger partial charge in [0, 0.05) is 0 Å². The lowest BCUT2D eigenvalue weighted by Gasteiger charge is -2.03. The first-order valence-electron chi connectivity index (χ1n) is 6.54. The Balaban J connectivity index is 1.94. The highest BCUT2D eigenvalue weighted by Crippen LogP contribution is 2.32. The van der Waals surface area contributed by atoms with Gasteiger partial charge in [-0.2, -0.15) is 0 Å². The maximum atomic E-state index is 12.3. The number of halogens is 1. The fourth-order valence-corrected chi connectivity index (χ4v) is 5.58.